The van der Waals surface area contributed by atoms with Crippen molar-refractivity contribution in [3.05, 3.63) is 0 Å². The Bertz CT molecular complexity index is 319. The van der Waals surface area contributed by atoms with E-state index in [9.17, 15) is 4.79 Å². The fourth-order valence-corrected chi connectivity index (χ4v) is 8.13. The number of unbranched alkanes of at least 4 members (excludes halogenated alkanes) is 9. The SMILES string of the molecule is CCCCCCCC[Si](CC)(CC)CCCCCCCC(=O)NCCO. The summed E-state index contributed by atoms with van der Waals surface area (Å²) in [6, 6.07) is 6.00. The third-order valence-electron chi connectivity index (χ3n) is 6.11. The number of carbonyl (C=O) groups is 1. The zero-order valence-electron chi connectivity index (χ0n) is 18.1. The van der Waals surface area contributed by atoms with Gasteiger partial charge >= 0.3 is 0 Å². The monoisotopic (exact) mass is 385 g/mol. The fraction of sp³-hybridized carbons (Fsp3) is 0.955. The van der Waals surface area contributed by atoms with Gasteiger partial charge in [-0.25, -0.2) is 0 Å². The molecule has 0 aliphatic rings. The van der Waals surface area contributed by atoms with Crippen molar-refractivity contribution in [2.24, 2.45) is 0 Å². The first kappa shape index (κ1) is 25.6. The van der Waals surface area contributed by atoms with E-state index in [-0.39, 0.29) is 12.5 Å². The van der Waals surface area contributed by atoms with Crippen LogP contribution in [0.2, 0.25) is 24.2 Å². The van der Waals surface area contributed by atoms with Gasteiger partial charge < -0.3 is 10.4 Å². The third-order valence-corrected chi connectivity index (χ3v) is 11.9. The lowest BCUT2D eigenvalue weighted by Crippen LogP contribution is -2.31. The van der Waals surface area contributed by atoms with Crippen molar-refractivity contribution < 1.29 is 9.90 Å². The molecule has 0 fully saturated rings. The molecule has 3 nitrogen and oxygen atoms in total. The second kappa shape index (κ2) is 18.0. The van der Waals surface area contributed by atoms with E-state index in [2.05, 4.69) is 26.1 Å². The number of hydrogen-bond donors (Lipinski definition) is 2. The lowest BCUT2D eigenvalue weighted by atomic mass is 10.1. The standard InChI is InChI=1S/C22H47NO2Si/c1-4-7-8-9-12-15-20-26(5-2,6-3)21-16-13-10-11-14-17-22(25)23-18-19-24/h24H,4-21H2,1-3H3,(H,23,25). The normalized spacial score (nSPS) is 11.7. The van der Waals surface area contributed by atoms with Crippen LogP contribution in [-0.4, -0.2) is 32.2 Å². The van der Waals surface area contributed by atoms with Crippen LogP contribution >= 0.6 is 0 Å². The summed E-state index contributed by atoms with van der Waals surface area (Å²) in [5, 5.41) is 11.4. The maximum absolute atomic E-state index is 11.5. The molecule has 0 saturated carbocycles. The Morgan fingerprint density at radius 1 is 0.769 bits per heavy atom. The van der Waals surface area contributed by atoms with Crippen LogP contribution in [0.4, 0.5) is 0 Å². The lowest BCUT2D eigenvalue weighted by molar-refractivity contribution is -0.121. The van der Waals surface area contributed by atoms with Crippen LogP contribution in [0, 0.1) is 0 Å². The molecule has 0 aliphatic heterocycles. The maximum atomic E-state index is 11.5. The molecule has 0 radical (unpaired) electrons. The van der Waals surface area contributed by atoms with Gasteiger partial charge in [0.1, 0.15) is 0 Å². The molecule has 0 aromatic rings. The van der Waals surface area contributed by atoms with Gasteiger partial charge in [0.05, 0.1) is 14.7 Å². The van der Waals surface area contributed by atoms with Gasteiger partial charge in [-0.15, -0.1) is 0 Å². The highest BCUT2D eigenvalue weighted by atomic mass is 28.3. The van der Waals surface area contributed by atoms with Crippen LogP contribution in [0.1, 0.15) is 97.8 Å². The Morgan fingerprint density at radius 2 is 1.27 bits per heavy atom. The number of aliphatic hydroxyl groups is 1. The fourth-order valence-electron chi connectivity index (χ4n) is 3.96. The Hall–Kier alpha value is -0.353. The minimum absolute atomic E-state index is 0.0327. The lowest BCUT2D eigenvalue weighted by Gasteiger charge is -2.30. The van der Waals surface area contributed by atoms with Crippen LogP contribution in [0.3, 0.4) is 0 Å². The van der Waals surface area contributed by atoms with Gasteiger partial charge in [-0.3, -0.25) is 4.79 Å². The first-order chi connectivity index (χ1) is 12.6. The van der Waals surface area contributed by atoms with Crippen molar-refractivity contribution >= 4 is 14.0 Å². The van der Waals surface area contributed by atoms with Gasteiger partial charge in [0.15, 0.2) is 0 Å². The number of aliphatic hydroxyl groups excluding tert-OH is 1. The van der Waals surface area contributed by atoms with Gasteiger partial charge in [-0.2, -0.15) is 0 Å². The number of carbonyl (C=O) groups excluding carboxylic acids is 1. The van der Waals surface area contributed by atoms with Crippen LogP contribution < -0.4 is 5.32 Å². The highest BCUT2D eigenvalue weighted by Gasteiger charge is 2.27. The summed E-state index contributed by atoms with van der Waals surface area (Å²) in [5.74, 6) is 0.0846. The molecule has 0 rings (SSSR count). The summed E-state index contributed by atoms with van der Waals surface area (Å²) in [6.45, 7) is 7.59. The Morgan fingerprint density at radius 3 is 1.77 bits per heavy atom. The third kappa shape index (κ3) is 13.8. The second-order valence-corrected chi connectivity index (χ2v) is 13.5. The molecule has 0 aromatic carbocycles. The zero-order valence-corrected chi connectivity index (χ0v) is 19.1. The summed E-state index contributed by atoms with van der Waals surface area (Å²) in [7, 11) is -1.00. The molecule has 0 heterocycles. The average Bonchev–Trinajstić information content (AvgIpc) is 2.66. The predicted molar refractivity (Wildman–Crippen MR) is 118 cm³/mol. The largest absolute Gasteiger partial charge is 0.395 e. The molecule has 0 spiro atoms. The predicted octanol–water partition coefficient (Wildman–Crippen LogP) is 6.28. The van der Waals surface area contributed by atoms with E-state index in [0.29, 0.717) is 13.0 Å². The Balaban J connectivity index is 3.76. The molecule has 0 saturated heterocycles. The molecule has 2 N–H and O–H groups in total. The van der Waals surface area contributed by atoms with E-state index < -0.39 is 8.07 Å². The summed E-state index contributed by atoms with van der Waals surface area (Å²) < 4.78 is 0. The molecule has 26 heavy (non-hydrogen) atoms. The van der Waals surface area contributed by atoms with Gasteiger partial charge in [0.2, 0.25) is 5.91 Å². The first-order valence-electron chi connectivity index (χ1n) is 11.5. The number of hydrogen-bond acceptors (Lipinski definition) is 2. The van der Waals surface area contributed by atoms with Crippen molar-refractivity contribution in [2.45, 2.75) is 122 Å². The van der Waals surface area contributed by atoms with Crippen molar-refractivity contribution in [3.8, 4) is 0 Å². The van der Waals surface area contributed by atoms with Crippen molar-refractivity contribution in [1.29, 1.82) is 0 Å². The zero-order chi connectivity index (χ0) is 19.5. The van der Waals surface area contributed by atoms with Crippen molar-refractivity contribution in [2.75, 3.05) is 13.2 Å². The van der Waals surface area contributed by atoms with Crippen molar-refractivity contribution in [3.63, 3.8) is 0 Å². The Kier molecular flexibility index (Phi) is 17.8. The van der Waals surface area contributed by atoms with E-state index in [1.807, 2.05) is 0 Å². The average molecular weight is 386 g/mol. The van der Waals surface area contributed by atoms with E-state index in [4.69, 9.17) is 5.11 Å². The van der Waals surface area contributed by atoms with E-state index in [1.165, 1.54) is 75.9 Å². The van der Waals surface area contributed by atoms with Crippen molar-refractivity contribution in [1.82, 2.24) is 5.32 Å². The summed E-state index contributed by atoms with van der Waals surface area (Å²) in [5.41, 5.74) is 0. The molecular weight excluding hydrogens is 338 g/mol. The van der Waals surface area contributed by atoms with E-state index in [1.54, 1.807) is 6.04 Å². The summed E-state index contributed by atoms with van der Waals surface area (Å²) in [6.07, 6.45) is 15.3. The molecule has 0 atom stereocenters. The maximum Gasteiger partial charge on any atom is 0.220 e. The van der Waals surface area contributed by atoms with Gasteiger partial charge in [0.25, 0.3) is 0 Å². The van der Waals surface area contributed by atoms with Crippen LogP contribution in [0.15, 0.2) is 0 Å². The molecule has 0 bridgehead atoms. The quantitative estimate of drug-likeness (QED) is 0.203. The molecule has 0 unspecified atom stereocenters. The Labute approximate surface area is 164 Å². The molecule has 4 heteroatoms. The minimum Gasteiger partial charge on any atom is -0.395 e. The van der Waals surface area contributed by atoms with Crippen LogP contribution in [-0.2, 0) is 4.79 Å². The van der Waals surface area contributed by atoms with E-state index in [0.717, 1.165) is 12.8 Å². The highest BCUT2D eigenvalue weighted by molar-refractivity contribution is 6.79. The second-order valence-electron chi connectivity index (χ2n) is 8.07. The summed E-state index contributed by atoms with van der Waals surface area (Å²) in [4.78, 5) is 11.5. The number of amides is 1. The van der Waals surface area contributed by atoms with Gasteiger partial charge in [-0.1, -0.05) is 109 Å². The highest BCUT2D eigenvalue weighted by Crippen LogP contribution is 2.30. The number of nitrogens with one attached hydrogen (secondary N) is 1. The number of rotatable bonds is 19. The molecular formula is C22H47NO2Si. The topological polar surface area (TPSA) is 49.3 Å². The van der Waals surface area contributed by atoms with Crippen LogP contribution in [0.25, 0.3) is 0 Å². The first-order valence-corrected chi connectivity index (χ1v) is 14.3. The molecule has 1 amide bonds. The molecule has 156 valence electrons. The minimum atomic E-state index is -1.00. The smallest absolute Gasteiger partial charge is 0.220 e. The van der Waals surface area contributed by atoms with Gasteiger partial charge in [-0.05, 0) is 6.42 Å². The molecule has 0 aliphatic carbocycles. The molecule has 0 aromatic heterocycles. The summed E-state index contributed by atoms with van der Waals surface area (Å²) >= 11 is 0. The van der Waals surface area contributed by atoms with Crippen LogP contribution in [0.5, 0.6) is 0 Å². The van der Waals surface area contributed by atoms with E-state index >= 15 is 0 Å². The van der Waals surface area contributed by atoms with Gasteiger partial charge in [0, 0.05) is 13.0 Å².